The number of H-pyrrole nitrogens is 1. The molecule has 0 saturated heterocycles. The van der Waals surface area contributed by atoms with Gasteiger partial charge in [-0.05, 0) is 12.1 Å². The van der Waals surface area contributed by atoms with Crippen LogP contribution < -0.4 is 0 Å². The molecule has 3 rings (SSSR count). The zero-order chi connectivity index (χ0) is 13.9. The van der Waals surface area contributed by atoms with Gasteiger partial charge in [0.2, 0.25) is 0 Å². The fourth-order valence-electron chi connectivity index (χ4n) is 1.81. The zero-order valence-electron chi connectivity index (χ0n) is 10.7. The summed E-state index contributed by atoms with van der Waals surface area (Å²) in [4.78, 5) is 22.9. The van der Waals surface area contributed by atoms with E-state index in [2.05, 4.69) is 19.7 Å². The van der Waals surface area contributed by atoms with Crippen LogP contribution in [0.4, 0.5) is 0 Å². The molecule has 0 saturated carbocycles. The number of ether oxygens (including phenoxy) is 1. The maximum Gasteiger partial charge on any atom is 0.358 e. The van der Waals surface area contributed by atoms with E-state index in [9.17, 15) is 4.79 Å². The molecule has 5 nitrogen and oxygen atoms in total. The van der Waals surface area contributed by atoms with Gasteiger partial charge in [0.05, 0.1) is 24.5 Å². The summed E-state index contributed by atoms with van der Waals surface area (Å²) in [6, 6.07) is 10.0. The van der Waals surface area contributed by atoms with Crippen molar-refractivity contribution in [1.82, 2.24) is 15.0 Å². The summed E-state index contributed by atoms with van der Waals surface area (Å²) in [5.41, 5.74) is 1.26. The van der Waals surface area contributed by atoms with Crippen LogP contribution in [-0.2, 0) is 4.74 Å². The topological polar surface area (TPSA) is 67.9 Å². The van der Waals surface area contributed by atoms with E-state index in [-0.39, 0.29) is 5.69 Å². The molecule has 1 aromatic carbocycles. The Morgan fingerprint density at radius 3 is 2.95 bits per heavy atom. The van der Waals surface area contributed by atoms with E-state index in [1.165, 1.54) is 25.1 Å². The Hall–Kier alpha value is -2.34. The molecule has 0 aliphatic heterocycles. The number of carbonyl (C=O) groups excluding carboxylic acids is 1. The summed E-state index contributed by atoms with van der Waals surface area (Å²) in [7, 11) is 1.32. The van der Waals surface area contributed by atoms with Gasteiger partial charge in [0, 0.05) is 10.9 Å². The van der Waals surface area contributed by atoms with Gasteiger partial charge in [-0.1, -0.05) is 30.0 Å². The van der Waals surface area contributed by atoms with Crippen LogP contribution >= 0.6 is 11.8 Å². The predicted octanol–water partition coefficient (Wildman–Crippen LogP) is 2.90. The van der Waals surface area contributed by atoms with E-state index >= 15 is 0 Å². The SMILES string of the molecule is COC(=O)c1cncc(Sc2cc3ccccc3[nH]2)n1. The van der Waals surface area contributed by atoms with Crippen LogP contribution in [0.15, 0.2) is 52.8 Å². The Morgan fingerprint density at radius 1 is 1.30 bits per heavy atom. The molecule has 0 amide bonds. The van der Waals surface area contributed by atoms with Crippen LogP contribution in [0.2, 0.25) is 0 Å². The van der Waals surface area contributed by atoms with E-state index in [0.717, 1.165) is 15.9 Å². The number of aromatic nitrogens is 3. The Morgan fingerprint density at radius 2 is 2.15 bits per heavy atom. The molecule has 1 N–H and O–H groups in total. The van der Waals surface area contributed by atoms with Gasteiger partial charge in [-0.15, -0.1) is 0 Å². The average molecular weight is 285 g/mol. The van der Waals surface area contributed by atoms with Gasteiger partial charge in [-0.2, -0.15) is 0 Å². The highest BCUT2D eigenvalue weighted by atomic mass is 32.2. The Bertz CT molecular complexity index is 737. The third-order valence-corrected chi connectivity index (χ3v) is 3.57. The fourth-order valence-corrected chi connectivity index (χ4v) is 2.64. The summed E-state index contributed by atoms with van der Waals surface area (Å²) in [5.74, 6) is -0.489. The molecule has 6 heteroatoms. The third-order valence-electron chi connectivity index (χ3n) is 2.73. The molecule has 0 spiro atoms. The van der Waals surface area contributed by atoms with E-state index in [1.54, 1.807) is 6.20 Å². The van der Waals surface area contributed by atoms with Crippen LogP contribution in [0.3, 0.4) is 0 Å². The van der Waals surface area contributed by atoms with Crippen LogP contribution in [0.25, 0.3) is 10.9 Å². The van der Waals surface area contributed by atoms with Crippen molar-refractivity contribution in [2.75, 3.05) is 7.11 Å². The second-order valence-corrected chi connectivity index (χ2v) is 5.12. The van der Waals surface area contributed by atoms with Gasteiger partial charge in [0.1, 0.15) is 5.03 Å². The monoisotopic (exact) mass is 285 g/mol. The van der Waals surface area contributed by atoms with Crippen molar-refractivity contribution >= 4 is 28.6 Å². The number of hydrogen-bond donors (Lipinski definition) is 1. The lowest BCUT2D eigenvalue weighted by atomic mass is 10.3. The highest BCUT2D eigenvalue weighted by molar-refractivity contribution is 7.99. The summed E-state index contributed by atoms with van der Waals surface area (Å²) in [5, 5.41) is 2.72. The molecule has 2 heterocycles. The lowest BCUT2D eigenvalue weighted by molar-refractivity contribution is 0.0592. The minimum absolute atomic E-state index is 0.202. The molecule has 3 aromatic rings. The predicted molar refractivity (Wildman–Crippen MR) is 75.8 cm³/mol. The number of methoxy groups -OCH3 is 1. The number of carbonyl (C=O) groups is 1. The van der Waals surface area contributed by atoms with Crippen molar-refractivity contribution in [2.24, 2.45) is 0 Å². The van der Waals surface area contributed by atoms with Crippen LogP contribution in [0.1, 0.15) is 10.5 Å². The normalized spacial score (nSPS) is 10.7. The number of nitrogens with zero attached hydrogens (tertiary/aromatic N) is 2. The van der Waals surface area contributed by atoms with Gasteiger partial charge < -0.3 is 9.72 Å². The van der Waals surface area contributed by atoms with Crippen molar-refractivity contribution < 1.29 is 9.53 Å². The van der Waals surface area contributed by atoms with Crippen LogP contribution in [0, 0.1) is 0 Å². The molecule has 0 unspecified atom stereocenters. The molecular formula is C14H11N3O2S. The largest absolute Gasteiger partial charge is 0.464 e. The highest BCUT2D eigenvalue weighted by Gasteiger charge is 2.10. The molecular weight excluding hydrogens is 274 g/mol. The summed E-state index contributed by atoms with van der Waals surface area (Å²) < 4.78 is 4.63. The summed E-state index contributed by atoms with van der Waals surface area (Å²) in [6.45, 7) is 0. The van der Waals surface area contributed by atoms with Gasteiger partial charge >= 0.3 is 5.97 Å². The lowest BCUT2D eigenvalue weighted by Crippen LogP contribution is -2.05. The molecule has 0 bridgehead atoms. The first-order valence-electron chi connectivity index (χ1n) is 5.92. The number of esters is 1. The maximum atomic E-state index is 11.4. The molecule has 0 fully saturated rings. The molecule has 0 aliphatic carbocycles. The summed E-state index contributed by atoms with van der Waals surface area (Å²) in [6.07, 6.45) is 3.00. The van der Waals surface area contributed by atoms with E-state index in [0.29, 0.717) is 5.03 Å². The molecule has 0 radical (unpaired) electrons. The number of aromatic amines is 1. The number of rotatable bonds is 3. The van der Waals surface area contributed by atoms with Crippen LogP contribution in [-0.4, -0.2) is 28.0 Å². The van der Waals surface area contributed by atoms with Crippen molar-refractivity contribution in [2.45, 2.75) is 10.1 Å². The zero-order valence-corrected chi connectivity index (χ0v) is 11.5. The van der Waals surface area contributed by atoms with Gasteiger partial charge in [-0.3, -0.25) is 4.98 Å². The van der Waals surface area contributed by atoms with Crippen LogP contribution in [0.5, 0.6) is 0 Å². The van der Waals surface area contributed by atoms with Gasteiger partial charge in [0.15, 0.2) is 5.69 Å². The van der Waals surface area contributed by atoms with Crippen molar-refractivity contribution in [1.29, 1.82) is 0 Å². The minimum Gasteiger partial charge on any atom is -0.464 e. The second kappa shape index (κ2) is 5.34. The quantitative estimate of drug-likeness (QED) is 0.749. The van der Waals surface area contributed by atoms with E-state index in [4.69, 9.17) is 0 Å². The maximum absolute atomic E-state index is 11.4. The first-order valence-corrected chi connectivity index (χ1v) is 6.74. The standard InChI is InChI=1S/C14H11N3O2S/c1-19-14(18)11-7-15-8-13(17-11)20-12-6-9-4-2-3-5-10(9)16-12/h2-8,16H,1H3. The molecule has 100 valence electrons. The average Bonchev–Trinajstić information content (AvgIpc) is 2.88. The molecule has 0 aliphatic rings. The number of benzene rings is 1. The van der Waals surface area contributed by atoms with Crippen molar-refractivity contribution in [3.05, 3.63) is 48.4 Å². The number of nitrogens with one attached hydrogen (secondary N) is 1. The molecule has 20 heavy (non-hydrogen) atoms. The van der Waals surface area contributed by atoms with Crippen molar-refractivity contribution in [3.8, 4) is 0 Å². The Balaban J connectivity index is 1.88. The van der Waals surface area contributed by atoms with E-state index in [1.807, 2.05) is 30.3 Å². The number of fused-ring (bicyclic) bond motifs is 1. The minimum atomic E-state index is -0.489. The molecule has 2 aromatic heterocycles. The Kier molecular flexibility index (Phi) is 3.39. The van der Waals surface area contributed by atoms with Crippen molar-refractivity contribution in [3.63, 3.8) is 0 Å². The van der Waals surface area contributed by atoms with Gasteiger partial charge in [-0.25, -0.2) is 9.78 Å². The van der Waals surface area contributed by atoms with E-state index < -0.39 is 5.97 Å². The third kappa shape index (κ3) is 2.50. The lowest BCUT2D eigenvalue weighted by Gasteiger charge is -2.00. The number of para-hydroxylation sites is 1. The molecule has 0 atom stereocenters. The highest BCUT2D eigenvalue weighted by Crippen LogP contribution is 2.28. The fraction of sp³-hybridized carbons (Fsp3) is 0.0714. The Labute approximate surface area is 119 Å². The second-order valence-electron chi connectivity index (χ2n) is 4.06. The number of hydrogen-bond acceptors (Lipinski definition) is 5. The first kappa shape index (κ1) is 12.7. The smallest absolute Gasteiger partial charge is 0.358 e. The van der Waals surface area contributed by atoms with Gasteiger partial charge in [0.25, 0.3) is 0 Å². The first-order chi connectivity index (χ1) is 9.76. The summed E-state index contributed by atoms with van der Waals surface area (Å²) >= 11 is 1.42.